The Morgan fingerprint density at radius 3 is 2.46 bits per heavy atom. The van der Waals surface area contributed by atoms with Crippen molar-refractivity contribution < 1.29 is 5.11 Å². The van der Waals surface area contributed by atoms with Crippen molar-refractivity contribution >= 4 is 11.3 Å². The third-order valence-corrected chi connectivity index (χ3v) is 3.73. The molecular weight excluding hydrogens is 180 g/mol. The average Bonchev–Trinajstić information content (AvgIpc) is 2.67. The largest absolute Gasteiger partial charge is 0.396 e. The summed E-state index contributed by atoms with van der Waals surface area (Å²) in [6.07, 6.45) is 3.12. The fourth-order valence-corrected chi connectivity index (χ4v) is 2.27. The van der Waals surface area contributed by atoms with Gasteiger partial charge in [0.1, 0.15) is 0 Å². The van der Waals surface area contributed by atoms with E-state index in [0.717, 1.165) is 19.3 Å². The van der Waals surface area contributed by atoms with Gasteiger partial charge in [-0.25, -0.2) is 0 Å². The molecule has 0 aliphatic rings. The van der Waals surface area contributed by atoms with Crippen molar-refractivity contribution in [1.82, 2.24) is 0 Å². The van der Waals surface area contributed by atoms with Crippen LogP contribution in [0.15, 0.2) is 16.8 Å². The molecule has 0 aromatic carbocycles. The molecule has 0 aliphatic heterocycles. The molecule has 0 bridgehead atoms. The fraction of sp³-hybridized carbons (Fsp3) is 0.636. The summed E-state index contributed by atoms with van der Waals surface area (Å²) in [5.41, 5.74) is 1.48. The van der Waals surface area contributed by atoms with Crippen LogP contribution in [-0.4, -0.2) is 11.7 Å². The molecule has 13 heavy (non-hydrogen) atoms. The number of hydrogen-bond donors (Lipinski definition) is 1. The molecule has 0 fully saturated rings. The van der Waals surface area contributed by atoms with E-state index in [1.54, 1.807) is 11.3 Å². The summed E-state index contributed by atoms with van der Waals surface area (Å²) < 4.78 is 0. The van der Waals surface area contributed by atoms with Crippen molar-refractivity contribution in [3.05, 3.63) is 22.4 Å². The molecule has 1 aromatic rings. The molecule has 1 N–H and O–H groups in total. The van der Waals surface area contributed by atoms with Gasteiger partial charge in [0, 0.05) is 6.61 Å². The number of aliphatic hydroxyl groups is 1. The Morgan fingerprint density at radius 1 is 1.38 bits per heavy atom. The van der Waals surface area contributed by atoms with Crippen LogP contribution >= 0.6 is 11.3 Å². The molecule has 74 valence electrons. The van der Waals surface area contributed by atoms with Crippen LogP contribution in [0.4, 0.5) is 0 Å². The zero-order valence-electron chi connectivity index (χ0n) is 8.42. The number of rotatable bonds is 5. The Kier molecular flexibility index (Phi) is 3.94. The molecule has 0 saturated carbocycles. The third-order valence-electron chi connectivity index (χ3n) is 2.99. The first-order valence-corrected chi connectivity index (χ1v) is 5.82. The van der Waals surface area contributed by atoms with E-state index >= 15 is 0 Å². The van der Waals surface area contributed by atoms with E-state index in [9.17, 15) is 5.11 Å². The summed E-state index contributed by atoms with van der Waals surface area (Å²) in [4.78, 5) is 0. The molecule has 0 atom stereocenters. The van der Waals surface area contributed by atoms with Gasteiger partial charge in [0.2, 0.25) is 0 Å². The first-order valence-electron chi connectivity index (χ1n) is 4.88. The Hall–Kier alpha value is -0.340. The molecular formula is C11H18OS. The third kappa shape index (κ3) is 2.55. The fourth-order valence-electron chi connectivity index (χ4n) is 1.61. The van der Waals surface area contributed by atoms with Crippen molar-refractivity contribution in [2.24, 2.45) is 5.41 Å². The topological polar surface area (TPSA) is 20.2 Å². The molecule has 0 aliphatic carbocycles. The van der Waals surface area contributed by atoms with Gasteiger partial charge >= 0.3 is 0 Å². The zero-order valence-corrected chi connectivity index (χ0v) is 9.23. The van der Waals surface area contributed by atoms with Crippen molar-refractivity contribution in [1.29, 1.82) is 0 Å². The van der Waals surface area contributed by atoms with E-state index in [1.165, 1.54) is 5.56 Å². The molecule has 0 unspecified atom stereocenters. The summed E-state index contributed by atoms with van der Waals surface area (Å²) in [6, 6.07) is 2.15. The molecule has 0 radical (unpaired) electrons. The molecule has 0 amide bonds. The highest BCUT2D eigenvalue weighted by molar-refractivity contribution is 7.07. The summed E-state index contributed by atoms with van der Waals surface area (Å²) in [7, 11) is 0. The smallest absolute Gasteiger partial charge is 0.0490 e. The van der Waals surface area contributed by atoms with Gasteiger partial charge in [-0.15, -0.1) is 0 Å². The number of hydrogen-bond acceptors (Lipinski definition) is 2. The maximum absolute atomic E-state index is 9.38. The van der Waals surface area contributed by atoms with Gasteiger partial charge in [-0.2, -0.15) is 11.3 Å². The van der Waals surface area contributed by atoms with Gasteiger partial charge in [-0.3, -0.25) is 0 Å². The predicted molar refractivity (Wildman–Crippen MR) is 58.1 cm³/mol. The lowest BCUT2D eigenvalue weighted by Crippen LogP contribution is -2.26. The zero-order chi connectivity index (χ0) is 9.73. The van der Waals surface area contributed by atoms with E-state index in [-0.39, 0.29) is 5.41 Å². The van der Waals surface area contributed by atoms with E-state index in [2.05, 4.69) is 30.7 Å². The van der Waals surface area contributed by atoms with Crippen molar-refractivity contribution in [3.63, 3.8) is 0 Å². The SMILES string of the molecule is CCC(CC)(CO)Cc1ccsc1. The minimum absolute atomic E-state index is 0.112. The molecule has 0 spiro atoms. The molecule has 1 heterocycles. The van der Waals surface area contributed by atoms with Crippen LogP contribution in [0.3, 0.4) is 0 Å². The second-order valence-corrected chi connectivity index (χ2v) is 4.45. The Balaban J connectivity index is 2.67. The summed E-state index contributed by atoms with van der Waals surface area (Å²) in [5, 5.41) is 13.7. The standard InChI is InChI=1S/C11H18OS/c1-3-11(4-2,9-12)7-10-5-6-13-8-10/h5-6,8,12H,3-4,7,9H2,1-2H3. The van der Waals surface area contributed by atoms with Gasteiger partial charge in [-0.05, 0) is 47.1 Å². The Labute approximate surface area is 84.4 Å². The van der Waals surface area contributed by atoms with E-state index < -0.39 is 0 Å². The van der Waals surface area contributed by atoms with Crippen molar-refractivity contribution in [3.8, 4) is 0 Å². The monoisotopic (exact) mass is 198 g/mol. The van der Waals surface area contributed by atoms with Crippen LogP contribution in [0, 0.1) is 5.41 Å². The van der Waals surface area contributed by atoms with E-state index in [4.69, 9.17) is 0 Å². The summed E-state index contributed by atoms with van der Waals surface area (Å²) in [6.45, 7) is 4.62. The predicted octanol–water partition coefficient (Wildman–Crippen LogP) is 3.09. The van der Waals surface area contributed by atoms with Crippen LogP contribution in [0.1, 0.15) is 32.3 Å². The van der Waals surface area contributed by atoms with Gasteiger partial charge < -0.3 is 5.11 Å². The highest BCUT2D eigenvalue weighted by atomic mass is 32.1. The van der Waals surface area contributed by atoms with Gasteiger partial charge in [0.15, 0.2) is 0 Å². The number of thiophene rings is 1. The van der Waals surface area contributed by atoms with Crippen molar-refractivity contribution in [2.75, 3.05) is 6.61 Å². The lowest BCUT2D eigenvalue weighted by molar-refractivity contribution is 0.115. The highest BCUT2D eigenvalue weighted by Crippen LogP contribution is 2.30. The Morgan fingerprint density at radius 2 is 2.08 bits per heavy atom. The lowest BCUT2D eigenvalue weighted by Gasteiger charge is -2.28. The van der Waals surface area contributed by atoms with Crippen molar-refractivity contribution in [2.45, 2.75) is 33.1 Å². The molecule has 0 saturated heterocycles. The maximum Gasteiger partial charge on any atom is 0.0490 e. The average molecular weight is 198 g/mol. The number of aliphatic hydroxyl groups excluding tert-OH is 1. The summed E-state index contributed by atoms with van der Waals surface area (Å²) >= 11 is 1.73. The lowest BCUT2D eigenvalue weighted by atomic mass is 9.78. The maximum atomic E-state index is 9.38. The second kappa shape index (κ2) is 4.77. The molecule has 1 aromatic heterocycles. The summed E-state index contributed by atoms with van der Waals surface area (Å²) in [5.74, 6) is 0. The Bertz CT molecular complexity index is 216. The van der Waals surface area contributed by atoms with Crippen LogP contribution in [0.2, 0.25) is 0 Å². The van der Waals surface area contributed by atoms with Crippen LogP contribution in [0.25, 0.3) is 0 Å². The first-order chi connectivity index (χ1) is 6.26. The van der Waals surface area contributed by atoms with Gasteiger partial charge in [-0.1, -0.05) is 13.8 Å². The van der Waals surface area contributed by atoms with Crippen LogP contribution in [-0.2, 0) is 6.42 Å². The van der Waals surface area contributed by atoms with Crippen LogP contribution in [0.5, 0.6) is 0 Å². The minimum Gasteiger partial charge on any atom is -0.396 e. The van der Waals surface area contributed by atoms with E-state index in [1.807, 2.05) is 0 Å². The molecule has 1 nitrogen and oxygen atoms in total. The first kappa shape index (κ1) is 10.7. The highest BCUT2D eigenvalue weighted by Gasteiger charge is 2.25. The molecule has 2 heteroatoms. The molecule has 1 rings (SSSR count). The van der Waals surface area contributed by atoms with Crippen LogP contribution < -0.4 is 0 Å². The normalized spacial score (nSPS) is 11.9. The van der Waals surface area contributed by atoms with E-state index in [0.29, 0.717) is 6.61 Å². The minimum atomic E-state index is 0.112. The quantitative estimate of drug-likeness (QED) is 0.771. The van der Waals surface area contributed by atoms with Gasteiger partial charge in [0.05, 0.1) is 0 Å². The van der Waals surface area contributed by atoms with Gasteiger partial charge in [0.25, 0.3) is 0 Å². The second-order valence-electron chi connectivity index (χ2n) is 3.67.